The molecule has 0 fully saturated rings. The lowest BCUT2D eigenvalue weighted by Gasteiger charge is -2.17. The largest absolute Gasteiger partial charge is 0.466 e. The van der Waals surface area contributed by atoms with Crippen molar-refractivity contribution in [2.75, 3.05) is 6.61 Å². The molecule has 1 aromatic heterocycles. The summed E-state index contributed by atoms with van der Waals surface area (Å²) in [4.78, 5) is 23.4. The Morgan fingerprint density at radius 2 is 1.72 bits per heavy atom. The Hall–Kier alpha value is -3.34. The zero-order valence-corrected chi connectivity index (χ0v) is 17.1. The van der Waals surface area contributed by atoms with Crippen LogP contribution in [0.15, 0.2) is 54.6 Å². The quantitative estimate of drug-likeness (QED) is 0.609. The van der Waals surface area contributed by atoms with Crippen LogP contribution in [0.3, 0.4) is 0 Å². The Labute approximate surface area is 171 Å². The lowest BCUT2D eigenvalue weighted by atomic mass is 10.1. The third-order valence-electron chi connectivity index (χ3n) is 4.92. The van der Waals surface area contributed by atoms with E-state index >= 15 is 0 Å². The molecule has 5 nitrogen and oxygen atoms in total. The zero-order chi connectivity index (χ0) is 21.0. The van der Waals surface area contributed by atoms with Crippen LogP contribution in [-0.4, -0.2) is 23.1 Å². The highest BCUT2D eigenvalue weighted by molar-refractivity contribution is 5.93. The van der Waals surface area contributed by atoms with E-state index in [4.69, 9.17) is 10.5 Å². The molecule has 2 N–H and O–H groups in total. The summed E-state index contributed by atoms with van der Waals surface area (Å²) in [6, 6.07) is 17.9. The number of hydrogen-bond donors (Lipinski definition) is 1. The molecule has 1 amide bonds. The van der Waals surface area contributed by atoms with Crippen LogP contribution in [0, 0.1) is 13.8 Å². The number of aromatic nitrogens is 1. The molecule has 29 heavy (non-hydrogen) atoms. The number of hydrogen-bond acceptors (Lipinski definition) is 3. The van der Waals surface area contributed by atoms with Gasteiger partial charge in [0.15, 0.2) is 0 Å². The minimum absolute atomic E-state index is 0.210. The molecule has 150 valence electrons. The monoisotopic (exact) mass is 390 g/mol. The van der Waals surface area contributed by atoms with Gasteiger partial charge in [0.25, 0.3) is 0 Å². The number of primary amides is 1. The van der Waals surface area contributed by atoms with Gasteiger partial charge in [-0.2, -0.15) is 0 Å². The summed E-state index contributed by atoms with van der Waals surface area (Å²) in [6.07, 6.45) is 0.866. The SMILES string of the molecule is CCOC(=O)CCc1ccc(-c2ccc(C)cc2)n1-c1ccc(C(N)=O)cc1C. The summed E-state index contributed by atoms with van der Waals surface area (Å²) >= 11 is 0. The van der Waals surface area contributed by atoms with Crippen molar-refractivity contribution in [1.29, 1.82) is 0 Å². The Balaban J connectivity index is 2.08. The molecule has 5 heteroatoms. The van der Waals surface area contributed by atoms with Crippen LogP contribution in [0.1, 0.15) is 40.5 Å². The van der Waals surface area contributed by atoms with Gasteiger partial charge in [-0.3, -0.25) is 9.59 Å². The van der Waals surface area contributed by atoms with Crippen LogP contribution < -0.4 is 5.73 Å². The number of carbonyl (C=O) groups excluding carboxylic acids is 2. The second-order valence-corrected chi connectivity index (χ2v) is 7.08. The number of esters is 1. The summed E-state index contributed by atoms with van der Waals surface area (Å²) in [5, 5.41) is 0. The number of ether oxygens (including phenoxy) is 1. The van der Waals surface area contributed by atoms with Crippen molar-refractivity contribution in [3.63, 3.8) is 0 Å². The van der Waals surface area contributed by atoms with Crippen LogP contribution in [0.2, 0.25) is 0 Å². The normalized spacial score (nSPS) is 10.7. The first-order valence-electron chi connectivity index (χ1n) is 9.74. The molecule has 1 heterocycles. The second-order valence-electron chi connectivity index (χ2n) is 7.08. The highest BCUT2D eigenvalue weighted by atomic mass is 16.5. The predicted octanol–water partition coefficient (Wildman–Crippen LogP) is 4.36. The van der Waals surface area contributed by atoms with E-state index in [1.807, 2.05) is 19.1 Å². The fourth-order valence-corrected chi connectivity index (χ4v) is 3.43. The van der Waals surface area contributed by atoms with E-state index in [0.29, 0.717) is 25.0 Å². The molecule has 0 aliphatic carbocycles. The van der Waals surface area contributed by atoms with E-state index in [0.717, 1.165) is 28.2 Å². The standard InChI is InChI=1S/C24H26N2O3/c1-4-29-23(27)14-11-20-10-13-22(18-7-5-16(2)6-8-18)26(20)21-12-9-19(24(25)28)15-17(21)3/h5-10,12-13,15H,4,11,14H2,1-3H3,(H2,25,28). The molecular weight excluding hydrogens is 364 g/mol. The van der Waals surface area contributed by atoms with Crippen LogP contribution in [-0.2, 0) is 16.0 Å². The molecule has 0 radical (unpaired) electrons. The van der Waals surface area contributed by atoms with Gasteiger partial charge in [-0.1, -0.05) is 29.8 Å². The van der Waals surface area contributed by atoms with Gasteiger partial charge in [-0.05, 0) is 68.7 Å². The Morgan fingerprint density at radius 1 is 1.00 bits per heavy atom. The van der Waals surface area contributed by atoms with Gasteiger partial charge >= 0.3 is 5.97 Å². The maximum atomic E-state index is 11.9. The average molecular weight is 390 g/mol. The van der Waals surface area contributed by atoms with Crippen molar-refractivity contribution in [1.82, 2.24) is 4.57 Å². The first-order chi connectivity index (χ1) is 13.9. The fraction of sp³-hybridized carbons (Fsp3) is 0.250. The van der Waals surface area contributed by atoms with Gasteiger partial charge in [-0.25, -0.2) is 0 Å². The summed E-state index contributed by atoms with van der Waals surface area (Å²) < 4.78 is 7.22. The fourth-order valence-electron chi connectivity index (χ4n) is 3.43. The van der Waals surface area contributed by atoms with Gasteiger partial charge in [0.1, 0.15) is 0 Å². The lowest BCUT2D eigenvalue weighted by molar-refractivity contribution is -0.143. The summed E-state index contributed by atoms with van der Waals surface area (Å²) in [5.74, 6) is -0.661. The minimum atomic E-state index is -0.451. The van der Waals surface area contributed by atoms with Crippen LogP contribution >= 0.6 is 0 Å². The van der Waals surface area contributed by atoms with Gasteiger partial charge < -0.3 is 15.0 Å². The molecule has 0 aliphatic rings. The first kappa shape index (κ1) is 20.4. The maximum Gasteiger partial charge on any atom is 0.306 e. The van der Waals surface area contributed by atoms with Crippen LogP contribution in [0.5, 0.6) is 0 Å². The Bertz CT molecular complexity index is 1030. The predicted molar refractivity (Wildman–Crippen MR) is 114 cm³/mol. The molecule has 0 bridgehead atoms. The van der Waals surface area contributed by atoms with Crippen molar-refractivity contribution >= 4 is 11.9 Å². The summed E-state index contributed by atoms with van der Waals surface area (Å²) in [6.45, 7) is 6.19. The number of amides is 1. The van der Waals surface area contributed by atoms with Gasteiger partial charge in [0.2, 0.25) is 5.91 Å². The topological polar surface area (TPSA) is 74.3 Å². The molecule has 0 saturated carbocycles. The third-order valence-corrected chi connectivity index (χ3v) is 4.92. The number of benzene rings is 2. The molecule has 2 aromatic carbocycles. The molecule has 0 saturated heterocycles. The second kappa shape index (κ2) is 8.78. The highest BCUT2D eigenvalue weighted by Crippen LogP contribution is 2.29. The van der Waals surface area contributed by atoms with Gasteiger partial charge in [-0.15, -0.1) is 0 Å². The first-order valence-corrected chi connectivity index (χ1v) is 9.74. The van der Waals surface area contributed by atoms with E-state index in [2.05, 4.69) is 41.8 Å². The van der Waals surface area contributed by atoms with Crippen molar-refractivity contribution in [3.05, 3.63) is 77.0 Å². The smallest absolute Gasteiger partial charge is 0.306 e. The summed E-state index contributed by atoms with van der Waals surface area (Å²) in [5.41, 5.74) is 12.1. The number of aryl methyl sites for hydroxylation is 3. The molecule has 3 aromatic rings. The van der Waals surface area contributed by atoms with Crippen molar-refractivity contribution < 1.29 is 14.3 Å². The van der Waals surface area contributed by atoms with Crippen molar-refractivity contribution in [2.45, 2.75) is 33.6 Å². The minimum Gasteiger partial charge on any atom is -0.466 e. The van der Waals surface area contributed by atoms with Gasteiger partial charge in [0.05, 0.1) is 18.7 Å². The zero-order valence-electron chi connectivity index (χ0n) is 17.1. The van der Waals surface area contributed by atoms with E-state index in [-0.39, 0.29) is 5.97 Å². The summed E-state index contributed by atoms with van der Waals surface area (Å²) in [7, 11) is 0. The molecule has 3 rings (SSSR count). The molecule has 0 aliphatic heterocycles. The van der Waals surface area contributed by atoms with E-state index in [1.54, 1.807) is 19.1 Å². The van der Waals surface area contributed by atoms with E-state index in [1.165, 1.54) is 5.56 Å². The number of nitrogens with two attached hydrogens (primary N) is 1. The Kier molecular flexibility index (Phi) is 6.17. The highest BCUT2D eigenvalue weighted by Gasteiger charge is 2.16. The van der Waals surface area contributed by atoms with Crippen molar-refractivity contribution in [3.8, 4) is 16.9 Å². The van der Waals surface area contributed by atoms with Gasteiger partial charge in [0, 0.05) is 16.9 Å². The molecular formula is C24H26N2O3. The number of rotatable bonds is 7. The Morgan fingerprint density at radius 3 is 2.34 bits per heavy atom. The lowest BCUT2D eigenvalue weighted by Crippen LogP contribution is -2.12. The molecule has 0 atom stereocenters. The number of carbonyl (C=O) groups is 2. The molecule has 0 unspecified atom stereocenters. The maximum absolute atomic E-state index is 11.9. The third kappa shape index (κ3) is 4.57. The van der Waals surface area contributed by atoms with Crippen LogP contribution in [0.25, 0.3) is 16.9 Å². The number of nitrogens with zero attached hydrogens (tertiary/aromatic N) is 1. The van der Waals surface area contributed by atoms with Crippen LogP contribution in [0.4, 0.5) is 0 Å². The van der Waals surface area contributed by atoms with E-state index in [9.17, 15) is 9.59 Å². The van der Waals surface area contributed by atoms with E-state index < -0.39 is 5.91 Å². The molecule has 0 spiro atoms. The van der Waals surface area contributed by atoms with Crippen molar-refractivity contribution in [2.24, 2.45) is 5.73 Å². The average Bonchev–Trinajstić information content (AvgIpc) is 3.10.